The summed E-state index contributed by atoms with van der Waals surface area (Å²) >= 11 is 0. The number of carbonyl (C=O) groups is 2. The molecule has 3 rings (SSSR count). The largest absolute Gasteiger partial charge is 0.347 e. The van der Waals surface area contributed by atoms with E-state index in [0.717, 1.165) is 22.5 Å². The Labute approximate surface area is 145 Å². The minimum Gasteiger partial charge on any atom is -0.347 e. The van der Waals surface area contributed by atoms with E-state index in [1.807, 2.05) is 42.5 Å². The second-order valence-electron chi connectivity index (χ2n) is 5.59. The van der Waals surface area contributed by atoms with Crippen molar-refractivity contribution < 1.29 is 9.59 Å². The number of aromatic amines is 1. The van der Waals surface area contributed by atoms with E-state index >= 15 is 0 Å². The number of nitrogens with one attached hydrogen (secondary N) is 3. The SMILES string of the molecule is CC(=O)Nc1ccc(CNC(=O)c2cc(-c3ccccc3)n[nH]2)cc1. The number of aromatic nitrogens is 2. The third kappa shape index (κ3) is 4.32. The third-order valence-electron chi connectivity index (χ3n) is 3.62. The molecule has 0 saturated carbocycles. The highest BCUT2D eigenvalue weighted by atomic mass is 16.2. The molecule has 0 aliphatic rings. The van der Waals surface area contributed by atoms with Gasteiger partial charge in [0.15, 0.2) is 0 Å². The monoisotopic (exact) mass is 334 g/mol. The van der Waals surface area contributed by atoms with Crippen molar-refractivity contribution in [3.63, 3.8) is 0 Å². The van der Waals surface area contributed by atoms with Gasteiger partial charge in [0.2, 0.25) is 5.91 Å². The highest BCUT2D eigenvalue weighted by Crippen LogP contribution is 2.17. The molecular weight excluding hydrogens is 316 g/mol. The first-order valence-electron chi connectivity index (χ1n) is 7.87. The first-order valence-corrected chi connectivity index (χ1v) is 7.87. The predicted octanol–water partition coefficient (Wildman–Crippen LogP) is 2.97. The molecule has 0 aliphatic heterocycles. The molecule has 0 saturated heterocycles. The van der Waals surface area contributed by atoms with Gasteiger partial charge in [-0.3, -0.25) is 14.7 Å². The van der Waals surface area contributed by atoms with Gasteiger partial charge in [-0.15, -0.1) is 0 Å². The Morgan fingerprint density at radius 2 is 1.76 bits per heavy atom. The second kappa shape index (κ2) is 7.44. The maximum Gasteiger partial charge on any atom is 0.269 e. The van der Waals surface area contributed by atoms with Crippen molar-refractivity contribution in [2.24, 2.45) is 0 Å². The number of rotatable bonds is 5. The van der Waals surface area contributed by atoms with E-state index in [-0.39, 0.29) is 11.8 Å². The minimum atomic E-state index is -0.222. The van der Waals surface area contributed by atoms with Crippen molar-refractivity contribution in [1.29, 1.82) is 0 Å². The van der Waals surface area contributed by atoms with Crippen molar-refractivity contribution >= 4 is 17.5 Å². The van der Waals surface area contributed by atoms with Gasteiger partial charge in [0.1, 0.15) is 5.69 Å². The molecule has 2 amide bonds. The lowest BCUT2D eigenvalue weighted by atomic mass is 10.1. The summed E-state index contributed by atoms with van der Waals surface area (Å²) in [6, 6.07) is 18.7. The first kappa shape index (κ1) is 16.4. The lowest BCUT2D eigenvalue weighted by molar-refractivity contribution is -0.114. The maximum atomic E-state index is 12.2. The maximum absolute atomic E-state index is 12.2. The second-order valence-corrected chi connectivity index (χ2v) is 5.59. The van der Waals surface area contributed by atoms with E-state index in [2.05, 4.69) is 20.8 Å². The van der Waals surface area contributed by atoms with Crippen LogP contribution in [0.4, 0.5) is 5.69 Å². The number of hydrogen-bond donors (Lipinski definition) is 3. The highest BCUT2D eigenvalue weighted by Gasteiger charge is 2.10. The Balaban J connectivity index is 1.59. The molecule has 126 valence electrons. The summed E-state index contributed by atoms with van der Waals surface area (Å²) in [5.41, 5.74) is 3.75. The van der Waals surface area contributed by atoms with Crippen LogP contribution in [-0.4, -0.2) is 22.0 Å². The van der Waals surface area contributed by atoms with Crippen LogP contribution in [-0.2, 0) is 11.3 Å². The molecule has 0 bridgehead atoms. The molecule has 0 radical (unpaired) electrons. The Hall–Kier alpha value is -3.41. The van der Waals surface area contributed by atoms with Gasteiger partial charge >= 0.3 is 0 Å². The summed E-state index contributed by atoms with van der Waals surface area (Å²) in [5.74, 6) is -0.338. The molecule has 0 aliphatic carbocycles. The van der Waals surface area contributed by atoms with Crippen molar-refractivity contribution in [1.82, 2.24) is 15.5 Å². The Morgan fingerprint density at radius 3 is 2.44 bits per heavy atom. The van der Waals surface area contributed by atoms with Crippen LogP contribution in [0.25, 0.3) is 11.3 Å². The van der Waals surface area contributed by atoms with Crippen molar-refractivity contribution in [3.05, 3.63) is 71.9 Å². The first-order chi connectivity index (χ1) is 12.1. The zero-order valence-corrected chi connectivity index (χ0v) is 13.7. The number of benzene rings is 2. The summed E-state index contributed by atoms with van der Waals surface area (Å²) < 4.78 is 0. The normalized spacial score (nSPS) is 10.3. The molecule has 3 N–H and O–H groups in total. The van der Waals surface area contributed by atoms with Gasteiger partial charge in [0.25, 0.3) is 5.91 Å². The molecule has 0 unspecified atom stereocenters. The number of anilines is 1. The van der Waals surface area contributed by atoms with Gasteiger partial charge < -0.3 is 10.6 Å². The van der Waals surface area contributed by atoms with Crippen LogP contribution in [0.5, 0.6) is 0 Å². The molecule has 0 spiro atoms. The molecular formula is C19H18N4O2. The third-order valence-corrected chi connectivity index (χ3v) is 3.62. The Kier molecular flexibility index (Phi) is 4.89. The van der Waals surface area contributed by atoms with Crippen molar-refractivity contribution in [2.45, 2.75) is 13.5 Å². The summed E-state index contributed by atoms with van der Waals surface area (Å²) in [6.45, 7) is 1.85. The average Bonchev–Trinajstić information content (AvgIpc) is 3.11. The van der Waals surface area contributed by atoms with Crippen LogP contribution >= 0.6 is 0 Å². The smallest absolute Gasteiger partial charge is 0.269 e. The molecule has 1 heterocycles. The molecule has 25 heavy (non-hydrogen) atoms. The van der Waals surface area contributed by atoms with E-state index in [9.17, 15) is 9.59 Å². The number of amides is 2. The van der Waals surface area contributed by atoms with Crippen LogP contribution in [0.15, 0.2) is 60.7 Å². The van der Waals surface area contributed by atoms with Crippen LogP contribution in [0.2, 0.25) is 0 Å². The lowest BCUT2D eigenvalue weighted by Crippen LogP contribution is -2.23. The van der Waals surface area contributed by atoms with Gasteiger partial charge in [-0.25, -0.2) is 0 Å². The zero-order chi connectivity index (χ0) is 17.6. The van der Waals surface area contributed by atoms with Crippen molar-refractivity contribution in [3.8, 4) is 11.3 Å². The lowest BCUT2D eigenvalue weighted by Gasteiger charge is -2.06. The summed E-state index contributed by atoms with van der Waals surface area (Å²) in [5, 5.41) is 12.5. The molecule has 3 aromatic rings. The van der Waals surface area contributed by atoms with Crippen LogP contribution in [0.1, 0.15) is 23.0 Å². The van der Waals surface area contributed by atoms with E-state index < -0.39 is 0 Å². The summed E-state index contributed by atoms with van der Waals surface area (Å²) in [4.78, 5) is 23.2. The zero-order valence-electron chi connectivity index (χ0n) is 13.7. The number of H-pyrrole nitrogens is 1. The van der Waals surface area contributed by atoms with Gasteiger partial charge in [-0.2, -0.15) is 5.10 Å². The van der Waals surface area contributed by atoms with Gasteiger partial charge in [-0.05, 0) is 23.8 Å². The highest BCUT2D eigenvalue weighted by molar-refractivity contribution is 5.93. The topological polar surface area (TPSA) is 86.9 Å². The van der Waals surface area contributed by atoms with Crippen LogP contribution in [0.3, 0.4) is 0 Å². The summed E-state index contributed by atoms with van der Waals surface area (Å²) in [6.07, 6.45) is 0. The Bertz CT molecular complexity index is 870. The molecule has 6 nitrogen and oxygen atoms in total. The van der Waals surface area contributed by atoms with E-state index in [1.165, 1.54) is 6.92 Å². The van der Waals surface area contributed by atoms with Gasteiger partial charge in [0, 0.05) is 24.7 Å². The standard InChI is InChI=1S/C19H18N4O2/c1-13(24)21-16-9-7-14(8-10-16)12-20-19(25)18-11-17(22-23-18)15-5-3-2-4-6-15/h2-11H,12H2,1H3,(H,20,25)(H,21,24)(H,22,23). The molecule has 1 aromatic heterocycles. The predicted molar refractivity (Wildman–Crippen MR) is 95.9 cm³/mol. The quantitative estimate of drug-likeness (QED) is 0.670. The van der Waals surface area contributed by atoms with E-state index in [0.29, 0.717) is 12.2 Å². The Morgan fingerprint density at radius 1 is 1.04 bits per heavy atom. The molecule has 2 aromatic carbocycles. The number of carbonyl (C=O) groups excluding carboxylic acids is 2. The average molecular weight is 334 g/mol. The van der Waals surface area contributed by atoms with Crippen LogP contribution in [0, 0.1) is 0 Å². The number of hydrogen-bond acceptors (Lipinski definition) is 3. The van der Waals surface area contributed by atoms with Crippen LogP contribution < -0.4 is 10.6 Å². The van der Waals surface area contributed by atoms with E-state index in [1.54, 1.807) is 18.2 Å². The fourth-order valence-corrected chi connectivity index (χ4v) is 2.38. The molecule has 6 heteroatoms. The summed E-state index contributed by atoms with van der Waals surface area (Å²) in [7, 11) is 0. The molecule has 0 atom stereocenters. The number of nitrogens with zero attached hydrogens (tertiary/aromatic N) is 1. The van der Waals surface area contributed by atoms with Gasteiger partial charge in [0.05, 0.1) is 5.69 Å². The van der Waals surface area contributed by atoms with Gasteiger partial charge in [-0.1, -0.05) is 42.5 Å². The molecule has 0 fully saturated rings. The van der Waals surface area contributed by atoms with Crippen molar-refractivity contribution in [2.75, 3.05) is 5.32 Å². The van der Waals surface area contributed by atoms with E-state index in [4.69, 9.17) is 0 Å². The minimum absolute atomic E-state index is 0.116. The fourth-order valence-electron chi connectivity index (χ4n) is 2.38. The fraction of sp³-hybridized carbons (Fsp3) is 0.105.